The Morgan fingerprint density at radius 2 is 1.79 bits per heavy atom. The Morgan fingerprint density at radius 3 is 2.36 bits per heavy atom. The van der Waals surface area contributed by atoms with Gasteiger partial charge in [0.05, 0.1) is 11.9 Å². The number of benzene rings is 1. The number of amides is 1. The number of carbonyl (C=O) groups excluding carboxylic acids is 1. The van der Waals surface area contributed by atoms with Crippen LogP contribution in [0.3, 0.4) is 0 Å². The molecule has 0 saturated carbocycles. The van der Waals surface area contributed by atoms with Crippen LogP contribution >= 0.6 is 0 Å². The van der Waals surface area contributed by atoms with Crippen molar-refractivity contribution in [3.63, 3.8) is 0 Å². The summed E-state index contributed by atoms with van der Waals surface area (Å²) in [5.41, 5.74) is 1.91. The minimum atomic E-state index is 0.0935. The van der Waals surface area contributed by atoms with Crippen molar-refractivity contribution >= 4 is 11.6 Å². The van der Waals surface area contributed by atoms with Gasteiger partial charge in [-0.3, -0.25) is 9.69 Å². The van der Waals surface area contributed by atoms with Gasteiger partial charge in [-0.1, -0.05) is 17.7 Å². The second kappa shape index (κ2) is 7.92. The van der Waals surface area contributed by atoms with Crippen molar-refractivity contribution in [3.05, 3.63) is 48.2 Å². The van der Waals surface area contributed by atoms with Crippen LogP contribution in [0.4, 0.5) is 5.69 Å². The maximum absolute atomic E-state index is 12.8. The van der Waals surface area contributed by atoms with E-state index in [1.807, 2.05) is 37.3 Å². The maximum Gasteiger partial charge on any atom is 0.227 e. The molecule has 2 saturated heterocycles. The molecule has 0 aliphatic carbocycles. The minimum Gasteiger partial charge on any atom is -0.439 e. The van der Waals surface area contributed by atoms with E-state index in [0.717, 1.165) is 24.3 Å². The number of nitrogens with one attached hydrogen (secondary N) is 1. The number of ether oxygens (including phenoxy) is 1. The summed E-state index contributed by atoms with van der Waals surface area (Å²) in [5.74, 6) is 1.48. The van der Waals surface area contributed by atoms with E-state index in [1.165, 1.54) is 18.4 Å². The van der Waals surface area contributed by atoms with Gasteiger partial charge in [-0.2, -0.15) is 0 Å². The number of rotatable bonds is 5. The van der Waals surface area contributed by atoms with E-state index in [0.29, 0.717) is 24.0 Å². The van der Waals surface area contributed by atoms with Crippen LogP contribution in [0.5, 0.6) is 11.6 Å². The highest BCUT2D eigenvalue weighted by Gasteiger charge is 2.43. The third kappa shape index (κ3) is 4.04. The molecule has 148 valence electrons. The summed E-state index contributed by atoms with van der Waals surface area (Å²) in [4.78, 5) is 19.7. The highest BCUT2D eigenvalue weighted by atomic mass is 16.5. The van der Waals surface area contributed by atoms with E-state index in [2.05, 4.69) is 29.0 Å². The first-order valence-corrected chi connectivity index (χ1v) is 10.3. The second-order valence-corrected chi connectivity index (χ2v) is 8.38. The molecule has 5 nitrogen and oxygen atoms in total. The standard InChI is InChI=1S/C23H29N3O2/c1-15(2)26-19-7-8-20(26)13-17(12-19)23(27)25-18-6-11-22(24-14-18)28-21-9-4-16(3)5-10-21/h4-6,9-11,14-15,17,19-20H,7-8,12-13H2,1-3H3,(H,25,27)/t17?,19-,20+. The largest absolute Gasteiger partial charge is 0.439 e. The average molecular weight is 380 g/mol. The molecule has 2 aliphatic rings. The lowest BCUT2D eigenvalue weighted by atomic mass is 9.89. The van der Waals surface area contributed by atoms with Crippen molar-refractivity contribution in [1.29, 1.82) is 0 Å². The van der Waals surface area contributed by atoms with Crippen molar-refractivity contribution in [2.24, 2.45) is 5.92 Å². The first kappa shape index (κ1) is 18.9. The molecule has 28 heavy (non-hydrogen) atoms. The van der Waals surface area contributed by atoms with Crippen LogP contribution < -0.4 is 10.1 Å². The molecule has 1 N–H and O–H groups in total. The predicted molar refractivity (Wildman–Crippen MR) is 111 cm³/mol. The van der Waals surface area contributed by atoms with Gasteiger partial charge in [-0.05, 0) is 64.7 Å². The molecular formula is C23H29N3O2. The van der Waals surface area contributed by atoms with Crippen LogP contribution in [-0.4, -0.2) is 33.9 Å². The van der Waals surface area contributed by atoms with E-state index in [4.69, 9.17) is 4.74 Å². The molecule has 3 atom stereocenters. The van der Waals surface area contributed by atoms with E-state index in [9.17, 15) is 4.79 Å². The second-order valence-electron chi connectivity index (χ2n) is 8.38. The highest BCUT2D eigenvalue weighted by molar-refractivity contribution is 5.92. The number of pyridine rings is 1. The lowest BCUT2D eigenvalue weighted by Crippen LogP contribution is -2.48. The topological polar surface area (TPSA) is 54.5 Å². The lowest BCUT2D eigenvalue weighted by molar-refractivity contribution is -0.122. The van der Waals surface area contributed by atoms with Crippen molar-refractivity contribution in [1.82, 2.24) is 9.88 Å². The van der Waals surface area contributed by atoms with Crippen molar-refractivity contribution in [2.45, 2.75) is 64.6 Å². The Kier molecular flexibility index (Phi) is 5.36. The minimum absolute atomic E-state index is 0.0935. The van der Waals surface area contributed by atoms with E-state index in [1.54, 1.807) is 12.3 Å². The Hall–Kier alpha value is -2.40. The van der Waals surface area contributed by atoms with Gasteiger partial charge in [0.1, 0.15) is 5.75 Å². The summed E-state index contributed by atoms with van der Waals surface area (Å²) in [6.07, 6.45) is 6.03. The summed E-state index contributed by atoms with van der Waals surface area (Å²) in [5, 5.41) is 3.05. The molecule has 0 radical (unpaired) electrons. The summed E-state index contributed by atoms with van der Waals surface area (Å²) in [6, 6.07) is 13.2. The number of hydrogen-bond acceptors (Lipinski definition) is 4. The number of hydrogen-bond donors (Lipinski definition) is 1. The van der Waals surface area contributed by atoms with Crippen LogP contribution in [-0.2, 0) is 4.79 Å². The van der Waals surface area contributed by atoms with E-state index >= 15 is 0 Å². The van der Waals surface area contributed by atoms with Gasteiger partial charge in [-0.15, -0.1) is 0 Å². The molecule has 0 spiro atoms. The molecule has 2 fully saturated rings. The number of nitrogens with zero attached hydrogens (tertiary/aromatic N) is 2. The smallest absolute Gasteiger partial charge is 0.227 e. The fourth-order valence-corrected chi connectivity index (χ4v) is 4.76. The SMILES string of the molecule is Cc1ccc(Oc2ccc(NC(=O)C3C[C@H]4CC[C@@H](C3)N4C(C)C)cn2)cc1. The lowest BCUT2D eigenvalue weighted by Gasteiger charge is -2.41. The average Bonchev–Trinajstić information content (AvgIpc) is 2.95. The molecule has 1 aromatic carbocycles. The molecule has 4 rings (SSSR count). The van der Waals surface area contributed by atoms with Crippen LogP contribution in [0.15, 0.2) is 42.6 Å². The van der Waals surface area contributed by atoms with Crippen LogP contribution in [0.1, 0.15) is 45.1 Å². The zero-order valence-corrected chi connectivity index (χ0v) is 16.9. The Bertz CT molecular complexity index is 803. The van der Waals surface area contributed by atoms with Gasteiger partial charge in [-0.25, -0.2) is 4.98 Å². The summed E-state index contributed by atoms with van der Waals surface area (Å²) in [6.45, 7) is 6.56. The number of aromatic nitrogens is 1. The highest BCUT2D eigenvalue weighted by Crippen LogP contribution is 2.40. The Balaban J connectivity index is 1.34. The Morgan fingerprint density at radius 1 is 1.11 bits per heavy atom. The van der Waals surface area contributed by atoms with Gasteiger partial charge in [0.2, 0.25) is 11.8 Å². The fraction of sp³-hybridized carbons (Fsp3) is 0.478. The predicted octanol–water partition coefficient (Wildman–Crippen LogP) is 4.77. The summed E-state index contributed by atoms with van der Waals surface area (Å²) in [7, 11) is 0. The molecule has 1 aromatic heterocycles. The molecule has 5 heteroatoms. The first-order chi connectivity index (χ1) is 13.5. The normalized spacial score (nSPS) is 24.4. The zero-order chi connectivity index (χ0) is 19.7. The summed E-state index contributed by atoms with van der Waals surface area (Å²) >= 11 is 0. The van der Waals surface area contributed by atoms with Gasteiger partial charge >= 0.3 is 0 Å². The van der Waals surface area contributed by atoms with Gasteiger partial charge in [0.15, 0.2) is 0 Å². The number of fused-ring (bicyclic) bond motifs is 2. The molecule has 3 heterocycles. The Labute approximate surface area is 167 Å². The quantitative estimate of drug-likeness (QED) is 0.813. The molecule has 2 aromatic rings. The fourth-order valence-electron chi connectivity index (χ4n) is 4.76. The van der Waals surface area contributed by atoms with Crippen molar-refractivity contribution in [2.75, 3.05) is 5.32 Å². The van der Waals surface area contributed by atoms with Crippen molar-refractivity contribution in [3.8, 4) is 11.6 Å². The maximum atomic E-state index is 12.8. The van der Waals surface area contributed by atoms with Crippen LogP contribution in [0, 0.1) is 12.8 Å². The van der Waals surface area contributed by atoms with E-state index in [-0.39, 0.29) is 11.8 Å². The molecule has 1 amide bonds. The van der Waals surface area contributed by atoms with Gasteiger partial charge in [0.25, 0.3) is 0 Å². The third-order valence-corrected chi connectivity index (χ3v) is 6.00. The number of anilines is 1. The van der Waals surface area contributed by atoms with E-state index < -0.39 is 0 Å². The zero-order valence-electron chi connectivity index (χ0n) is 16.9. The number of aryl methyl sites for hydroxylation is 1. The number of piperidine rings is 1. The van der Waals surface area contributed by atoms with Crippen LogP contribution in [0.2, 0.25) is 0 Å². The van der Waals surface area contributed by atoms with Gasteiger partial charge < -0.3 is 10.1 Å². The molecule has 1 unspecified atom stereocenters. The van der Waals surface area contributed by atoms with Gasteiger partial charge in [0, 0.05) is 30.1 Å². The summed E-state index contributed by atoms with van der Waals surface area (Å²) < 4.78 is 5.75. The first-order valence-electron chi connectivity index (χ1n) is 10.3. The monoisotopic (exact) mass is 379 g/mol. The molecule has 2 aliphatic heterocycles. The number of carbonyl (C=O) groups is 1. The molecular weight excluding hydrogens is 350 g/mol. The third-order valence-electron chi connectivity index (χ3n) is 6.00. The van der Waals surface area contributed by atoms with Crippen molar-refractivity contribution < 1.29 is 9.53 Å². The van der Waals surface area contributed by atoms with Crippen LogP contribution in [0.25, 0.3) is 0 Å². The molecule has 2 bridgehead atoms.